The van der Waals surface area contributed by atoms with Crippen molar-refractivity contribution in [3.8, 4) is 0 Å². The van der Waals surface area contributed by atoms with Crippen molar-refractivity contribution < 1.29 is 0 Å². The van der Waals surface area contributed by atoms with Gasteiger partial charge in [0.15, 0.2) is 0 Å². The van der Waals surface area contributed by atoms with Crippen molar-refractivity contribution in [2.75, 3.05) is 0 Å². The summed E-state index contributed by atoms with van der Waals surface area (Å²) in [4.78, 5) is 0. The van der Waals surface area contributed by atoms with Gasteiger partial charge in [-0.1, -0.05) is 80.6 Å². The van der Waals surface area contributed by atoms with Crippen LogP contribution in [0.15, 0.2) is 66.7 Å². The topological polar surface area (TPSA) is 0 Å². The van der Waals surface area contributed by atoms with Crippen molar-refractivity contribution in [2.24, 2.45) is 0 Å². The maximum atomic E-state index is 7.69. The summed E-state index contributed by atoms with van der Waals surface area (Å²) in [5.74, 6) is 0. The van der Waals surface area contributed by atoms with E-state index in [0.29, 0.717) is 0 Å². The Bertz CT molecular complexity index is 879. The molecular formula is C24H27ClSi. The third kappa shape index (κ3) is 3.38. The highest BCUT2D eigenvalue weighted by Crippen LogP contribution is 2.18. The lowest BCUT2D eigenvalue weighted by Gasteiger charge is -2.29. The summed E-state index contributed by atoms with van der Waals surface area (Å²) in [5.41, 5.74) is 5.37. The van der Waals surface area contributed by atoms with E-state index in [-0.39, 0.29) is 0 Å². The summed E-state index contributed by atoms with van der Waals surface area (Å²) >= 11 is 7.69. The third-order valence-corrected chi connectivity index (χ3v) is 10.8. The monoisotopic (exact) mass is 378 g/mol. The molecule has 0 saturated heterocycles. The molecule has 3 aromatic carbocycles. The van der Waals surface area contributed by atoms with Gasteiger partial charge < -0.3 is 0 Å². The first kappa shape index (κ1) is 18.9. The Morgan fingerprint density at radius 3 is 1.92 bits per heavy atom. The van der Waals surface area contributed by atoms with E-state index >= 15 is 0 Å². The van der Waals surface area contributed by atoms with Gasteiger partial charge >= 0.3 is 0 Å². The van der Waals surface area contributed by atoms with Crippen LogP contribution in [-0.2, 0) is 12.8 Å². The minimum Gasteiger partial charge on any atom is -0.149 e. The predicted molar refractivity (Wildman–Crippen MR) is 118 cm³/mol. The molecule has 3 rings (SSSR count). The zero-order valence-corrected chi connectivity index (χ0v) is 17.9. The van der Waals surface area contributed by atoms with Crippen molar-refractivity contribution in [1.82, 2.24) is 0 Å². The molecule has 0 radical (unpaired) electrons. The second kappa shape index (κ2) is 7.81. The molecule has 0 N–H and O–H groups in total. The fourth-order valence-electron chi connectivity index (χ4n) is 3.64. The summed E-state index contributed by atoms with van der Waals surface area (Å²) in [5, 5.41) is 3.86. The Hall–Kier alpha value is -1.83. The number of rotatable bonds is 5. The Labute approximate surface area is 163 Å². The van der Waals surface area contributed by atoms with E-state index in [1.54, 1.807) is 0 Å². The zero-order chi connectivity index (χ0) is 18.7. The van der Waals surface area contributed by atoms with Crippen LogP contribution >= 0.6 is 11.1 Å². The molecule has 0 amide bonds. The minimum absolute atomic E-state index is 1.03. The SMILES string of the molecule is CCc1cc(CC)cc([Si](Cl)(c2ccccc2)c2cccc(C)c2C)c1. The highest BCUT2D eigenvalue weighted by atomic mass is 35.6. The van der Waals surface area contributed by atoms with Crippen LogP contribution in [0.25, 0.3) is 0 Å². The van der Waals surface area contributed by atoms with Gasteiger partial charge in [0, 0.05) is 0 Å². The fourth-order valence-corrected chi connectivity index (χ4v) is 8.37. The summed E-state index contributed by atoms with van der Waals surface area (Å²) in [6.45, 7) is 8.82. The molecule has 0 aliphatic carbocycles. The number of hydrogen-bond acceptors (Lipinski definition) is 0. The van der Waals surface area contributed by atoms with E-state index in [2.05, 4.69) is 94.4 Å². The lowest BCUT2D eigenvalue weighted by molar-refractivity contribution is 1.09. The second-order valence-corrected chi connectivity index (χ2v) is 11.7. The molecule has 3 aromatic rings. The molecule has 26 heavy (non-hydrogen) atoms. The van der Waals surface area contributed by atoms with Gasteiger partial charge in [0.05, 0.1) is 0 Å². The Kier molecular flexibility index (Phi) is 5.69. The molecule has 0 aliphatic rings. The van der Waals surface area contributed by atoms with Crippen LogP contribution in [-0.4, -0.2) is 7.38 Å². The first-order valence-corrected chi connectivity index (χ1v) is 12.5. The highest BCUT2D eigenvalue weighted by Gasteiger charge is 2.39. The van der Waals surface area contributed by atoms with E-state index in [9.17, 15) is 0 Å². The summed E-state index contributed by atoms with van der Waals surface area (Å²) in [7, 11) is -2.58. The van der Waals surface area contributed by atoms with E-state index < -0.39 is 7.38 Å². The van der Waals surface area contributed by atoms with Gasteiger partial charge in [-0.15, -0.1) is 11.1 Å². The smallest absolute Gasteiger partial charge is 0.149 e. The van der Waals surface area contributed by atoms with Crippen LogP contribution in [0.4, 0.5) is 0 Å². The van der Waals surface area contributed by atoms with Crippen LogP contribution in [0.3, 0.4) is 0 Å². The molecular weight excluding hydrogens is 352 g/mol. The van der Waals surface area contributed by atoms with Crippen LogP contribution < -0.4 is 15.6 Å². The molecule has 0 saturated carbocycles. The standard InChI is InChI=1S/C24H27ClSi/c1-5-20-15-21(6-2)17-23(16-20)26(25,22-12-8-7-9-13-22)24-14-10-11-18(3)19(24)4/h7-17H,5-6H2,1-4H3. The molecule has 0 heterocycles. The van der Waals surface area contributed by atoms with Gasteiger partial charge in [-0.2, -0.15) is 0 Å². The quantitative estimate of drug-likeness (QED) is 0.345. The maximum absolute atomic E-state index is 7.69. The molecule has 0 spiro atoms. The molecule has 1 unspecified atom stereocenters. The molecule has 0 fully saturated rings. The summed E-state index contributed by atoms with van der Waals surface area (Å²) in [6.07, 6.45) is 2.06. The van der Waals surface area contributed by atoms with Gasteiger partial charge in [0.25, 0.3) is 0 Å². The fraction of sp³-hybridized carbons (Fsp3) is 0.250. The van der Waals surface area contributed by atoms with Crippen molar-refractivity contribution >= 4 is 34.0 Å². The normalized spacial score (nSPS) is 13.4. The minimum atomic E-state index is -2.58. The number of benzene rings is 3. The van der Waals surface area contributed by atoms with Gasteiger partial charge in [-0.05, 0) is 64.5 Å². The van der Waals surface area contributed by atoms with Crippen molar-refractivity contribution in [2.45, 2.75) is 40.5 Å². The number of hydrogen-bond donors (Lipinski definition) is 0. The van der Waals surface area contributed by atoms with E-state index in [0.717, 1.165) is 12.8 Å². The first-order chi connectivity index (χ1) is 12.5. The molecule has 2 heteroatoms. The van der Waals surface area contributed by atoms with Crippen molar-refractivity contribution in [1.29, 1.82) is 0 Å². The van der Waals surface area contributed by atoms with Crippen molar-refractivity contribution in [3.05, 3.63) is 89.0 Å². The van der Waals surface area contributed by atoms with Crippen molar-refractivity contribution in [3.63, 3.8) is 0 Å². The van der Waals surface area contributed by atoms with E-state index in [4.69, 9.17) is 11.1 Å². The van der Waals surface area contributed by atoms with Crippen LogP contribution in [0.5, 0.6) is 0 Å². The van der Waals surface area contributed by atoms with E-state index in [1.807, 2.05) is 0 Å². The Morgan fingerprint density at radius 1 is 0.731 bits per heavy atom. The molecule has 134 valence electrons. The van der Waals surface area contributed by atoms with Gasteiger partial charge in [-0.3, -0.25) is 0 Å². The summed E-state index contributed by atoms with van der Waals surface area (Å²) in [6, 6.07) is 24.2. The average molecular weight is 379 g/mol. The molecule has 0 aliphatic heterocycles. The largest absolute Gasteiger partial charge is 0.248 e. The lowest BCUT2D eigenvalue weighted by atomic mass is 10.1. The van der Waals surface area contributed by atoms with Crippen LogP contribution in [0, 0.1) is 13.8 Å². The molecule has 0 aromatic heterocycles. The van der Waals surface area contributed by atoms with Gasteiger partial charge in [-0.25, -0.2) is 0 Å². The highest BCUT2D eigenvalue weighted by molar-refractivity contribution is 7.40. The van der Waals surface area contributed by atoms with Crippen LogP contribution in [0.2, 0.25) is 0 Å². The Balaban J connectivity index is 2.34. The number of halogens is 1. The predicted octanol–water partition coefficient (Wildman–Crippen LogP) is 4.63. The average Bonchev–Trinajstić information content (AvgIpc) is 2.69. The van der Waals surface area contributed by atoms with E-state index in [1.165, 1.54) is 37.8 Å². The van der Waals surface area contributed by atoms with Crippen LogP contribution in [0.1, 0.15) is 36.1 Å². The molecule has 0 nitrogen and oxygen atoms in total. The summed E-state index contributed by atoms with van der Waals surface area (Å²) < 4.78 is 0. The van der Waals surface area contributed by atoms with Gasteiger partial charge in [0.2, 0.25) is 7.38 Å². The molecule has 0 bridgehead atoms. The second-order valence-electron chi connectivity index (χ2n) is 7.02. The van der Waals surface area contributed by atoms with Gasteiger partial charge in [0.1, 0.15) is 0 Å². The first-order valence-electron chi connectivity index (χ1n) is 9.45. The molecule has 1 atom stereocenters. The maximum Gasteiger partial charge on any atom is 0.248 e. The Morgan fingerprint density at radius 2 is 1.35 bits per heavy atom. The lowest BCUT2D eigenvalue weighted by Crippen LogP contribution is -2.63. The number of aryl methyl sites for hydroxylation is 3. The zero-order valence-electron chi connectivity index (χ0n) is 16.1. The third-order valence-electron chi connectivity index (χ3n) is 5.41.